The van der Waals surface area contributed by atoms with Gasteiger partial charge in [0.15, 0.2) is 11.5 Å². The van der Waals surface area contributed by atoms with E-state index in [1.807, 2.05) is 26.3 Å². The van der Waals surface area contributed by atoms with Gasteiger partial charge in [-0.15, -0.1) is 11.3 Å². The highest BCUT2D eigenvalue weighted by Crippen LogP contribution is 2.30. The van der Waals surface area contributed by atoms with Gasteiger partial charge in [0.25, 0.3) is 5.56 Å². The first-order valence-electron chi connectivity index (χ1n) is 10.2. The highest BCUT2D eigenvalue weighted by atomic mass is 32.1. The molecule has 0 aliphatic heterocycles. The lowest BCUT2D eigenvalue weighted by atomic mass is 10.1. The summed E-state index contributed by atoms with van der Waals surface area (Å²) in [7, 11) is 1.83. The summed E-state index contributed by atoms with van der Waals surface area (Å²) in [5, 5.41) is 7.78. The van der Waals surface area contributed by atoms with Gasteiger partial charge in [0.05, 0.1) is 6.54 Å². The van der Waals surface area contributed by atoms with E-state index in [-0.39, 0.29) is 11.7 Å². The molecule has 10 heteroatoms. The Morgan fingerprint density at radius 1 is 1.25 bits per heavy atom. The summed E-state index contributed by atoms with van der Waals surface area (Å²) in [5.74, 6) is 0.417. The van der Waals surface area contributed by atoms with Gasteiger partial charge in [-0.2, -0.15) is 5.10 Å². The minimum Gasteiger partial charge on any atom is -0.333 e. The predicted molar refractivity (Wildman–Crippen MR) is 123 cm³/mol. The second kappa shape index (κ2) is 7.56. The maximum Gasteiger partial charge on any atom is 0.330 e. The largest absolute Gasteiger partial charge is 0.333 e. The number of nitrogens with zero attached hydrogens (tertiary/aromatic N) is 5. The molecule has 5 rings (SSSR count). The zero-order chi connectivity index (χ0) is 22.6. The third-order valence-electron chi connectivity index (χ3n) is 5.40. The number of imidazole rings is 1. The van der Waals surface area contributed by atoms with Crippen LogP contribution in [0.25, 0.3) is 32.6 Å². The predicted octanol–water partition coefficient (Wildman–Crippen LogP) is 3.34. The van der Waals surface area contributed by atoms with Crippen molar-refractivity contribution in [2.75, 3.05) is 0 Å². The number of rotatable bonds is 5. The molecule has 1 N–H and O–H groups in total. The molecule has 0 saturated heterocycles. The fourth-order valence-corrected chi connectivity index (χ4v) is 4.91. The number of fused-ring (bicyclic) bond motifs is 2. The highest BCUT2D eigenvalue weighted by molar-refractivity contribution is 7.17. The molecule has 4 aromatic heterocycles. The molecule has 32 heavy (non-hydrogen) atoms. The summed E-state index contributed by atoms with van der Waals surface area (Å²) in [6, 6.07) is 4.70. The Morgan fingerprint density at radius 2 is 2.06 bits per heavy atom. The number of halogens is 1. The minimum absolute atomic E-state index is 0.173. The van der Waals surface area contributed by atoms with Crippen LogP contribution in [-0.2, 0) is 20.1 Å². The SMILES string of the molecule is CC(C)Cn1c(=O)[nH]c(=O)c2c(-c3nccn3C)n(Cc3csc4ccc(F)cc34)nc21. The van der Waals surface area contributed by atoms with Crippen LogP contribution in [0.4, 0.5) is 4.39 Å². The fourth-order valence-electron chi connectivity index (χ4n) is 3.98. The number of H-pyrrole nitrogens is 1. The minimum atomic E-state index is -0.504. The molecule has 1 aromatic carbocycles. The van der Waals surface area contributed by atoms with Crippen molar-refractivity contribution in [1.29, 1.82) is 0 Å². The maximum absolute atomic E-state index is 13.9. The second-order valence-electron chi connectivity index (χ2n) is 8.23. The van der Waals surface area contributed by atoms with E-state index in [9.17, 15) is 14.0 Å². The fraction of sp³-hybridized carbons (Fsp3) is 0.273. The molecule has 5 aromatic rings. The lowest BCUT2D eigenvalue weighted by Gasteiger charge is -2.08. The van der Waals surface area contributed by atoms with E-state index in [1.165, 1.54) is 28.0 Å². The van der Waals surface area contributed by atoms with E-state index in [2.05, 4.69) is 9.97 Å². The van der Waals surface area contributed by atoms with Crippen LogP contribution in [0.3, 0.4) is 0 Å². The van der Waals surface area contributed by atoms with E-state index in [1.54, 1.807) is 27.7 Å². The first-order chi connectivity index (χ1) is 15.3. The van der Waals surface area contributed by atoms with E-state index in [0.717, 1.165) is 15.6 Å². The Hall–Kier alpha value is -3.53. The molecule has 0 aliphatic carbocycles. The molecular weight excluding hydrogens is 431 g/mol. The van der Waals surface area contributed by atoms with Gasteiger partial charge in [0.1, 0.15) is 16.9 Å². The van der Waals surface area contributed by atoms with Crippen LogP contribution in [0, 0.1) is 11.7 Å². The molecule has 0 unspecified atom stereocenters. The van der Waals surface area contributed by atoms with E-state index < -0.39 is 11.2 Å². The zero-order valence-corrected chi connectivity index (χ0v) is 18.6. The third kappa shape index (κ3) is 3.27. The Kier molecular flexibility index (Phi) is 4.81. The van der Waals surface area contributed by atoms with Crippen LogP contribution in [0.1, 0.15) is 19.4 Å². The molecule has 0 bridgehead atoms. The number of hydrogen-bond acceptors (Lipinski definition) is 5. The standard InChI is InChI=1S/C22H21FN6O2S/c1-12(2)9-28-19-17(21(30)25-22(28)31)18(20-24-6-7-27(20)3)29(26-19)10-13-11-32-16-5-4-14(23)8-15(13)16/h4-8,11-12H,9-10H2,1-3H3,(H,25,30,31). The molecule has 0 atom stereocenters. The Morgan fingerprint density at radius 3 is 2.78 bits per heavy atom. The number of aromatic nitrogens is 6. The first kappa shape index (κ1) is 20.4. The van der Waals surface area contributed by atoms with Crippen molar-refractivity contribution < 1.29 is 4.39 Å². The molecule has 8 nitrogen and oxygen atoms in total. The lowest BCUT2D eigenvalue weighted by Crippen LogP contribution is -2.31. The normalized spacial score (nSPS) is 11.9. The van der Waals surface area contributed by atoms with Gasteiger partial charge in [0, 0.05) is 36.1 Å². The summed E-state index contributed by atoms with van der Waals surface area (Å²) in [6.07, 6.45) is 3.43. The summed E-state index contributed by atoms with van der Waals surface area (Å²) in [4.78, 5) is 32.4. The van der Waals surface area contributed by atoms with E-state index >= 15 is 0 Å². The average molecular weight is 453 g/mol. The van der Waals surface area contributed by atoms with Gasteiger partial charge in [-0.1, -0.05) is 13.8 Å². The van der Waals surface area contributed by atoms with Crippen molar-refractivity contribution in [3.63, 3.8) is 0 Å². The van der Waals surface area contributed by atoms with Crippen molar-refractivity contribution in [2.24, 2.45) is 13.0 Å². The second-order valence-corrected chi connectivity index (χ2v) is 9.14. The molecule has 4 heterocycles. The molecule has 0 spiro atoms. The molecule has 0 saturated carbocycles. The quantitative estimate of drug-likeness (QED) is 0.443. The first-order valence-corrected chi connectivity index (χ1v) is 11.1. The van der Waals surface area contributed by atoms with Crippen LogP contribution in [0.15, 0.2) is 45.6 Å². The third-order valence-corrected chi connectivity index (χ3v) is 6.41. The smallest absolute Gasteiger partial charge is 0.330 e. The molecule has 0 radical (unpaired) electrons. The van der Waals surface area contributed by atoms with Crippen LogP contribution in [-0.4, -0.2) is 28.9 Å². The van der Waals surface area contributed by atoms with Gasteiger partial charge in [0.2, 0.25) is 0 Å². The topological polar surface area (TPSA) is 90.5 Å². The van der Waals surface area contributed by atoms with Crippen LogP contribution < -0.4 is 11.2 Å². The number of nitrogens with one attached hydrogen (secondary N) is 1. The monoisotopic (exact) mass is 452 g/mol. The Balaban J connectivity index is 1.80. The molecule has 0 amide bonds. The van der Waals surface area contributed by atoms with Crippen LogP contribution in [0.2, 0.25) is 0 Å². The number of benzene rings is 1. The van der Waals surface area contributed by atoms with Crippen molar-refractivity contribution in [2.45, 2.75) is 26.9 Å². The number of aromatic amines is 1. The number of hydrogen-bond donors (Lipinski definition) is 1. The van der Waals surface area contributed by atoms with E-state index in [4.69, 9.17) is 5.10 Å². The average Bonchev–Trinajstić information content (AvgIpc) is 3.42. The number of thiophene rings is 1. The van der Waals surface area contributed by atoms with Crippen molar-refractivity contribution in [3.05, 3.63) is 68.2 Å². The van der Waals surface area contributed by atoms with Crippen molar-refractivity contribution in [1.82, 2.24) is 28.9 Å². The van der Waals surface area contributed by atoms with Crippen molar-refractivity contribution >= 4 is 32.5 Å². The van der Waals surface area contributed by atoms with E-state index in [0.29, 0.717) is 35.6 Å². The molecular formula is C22H21FN6O2S. The summed E-state index contributed by atoms with van der Waals surface area (Å²) >= 11 is 1.52. The number of aryl methyl sites for hydroxylation is 1. The lowest BCUT2D eigenvalue weighted by molar-refractivity contribution is 0.510. The Bertz CT molecular complexity index is 1590. The van der Waals surface area contributed by atoms with Gasteiger partial charge in [-0.3, -0.25) is 19.0 Å². The van der Waals surface area contributed by atoms with Gasteiger partial charge in [-0.05, 0) is 35.1 Å². The maximum atomic E-state index is 13.9. The summed E-state index contributed by atoms with van der Waals surface area (Å²) in [5.41, 5.74) is 0.714. The van der Waals surface area contributed by atoms with Gasteiger partial charge in [-0.25, -0.2) is 14.2 Å². The zero-order valence-electron chi connectivity index (χ0n) is 17.8. The molecule has 164 valence electrons. The summed E-state index contributed by atoms with van der Waals surface area (Å²) < 4.78 is 19.9. The van der Waals surface area contributed by atoms with Crippen LogP contribution in [0.5, 0.6) is 0 Å². The van der Waals surface area contributed by atoms with Gasteiger partial charge < -0.3 is 4.57 Å². The summed E-state index contributed by atoms with van der Waals surface area (Å²) in [6.45, 7) is 4.70. The highest BCUT2D eigenvalue weighted by Gasteiger charge is 2.24. The van der Waals surface area contributed by atoms with Gasteiger partial charge >= 0.3 is 5.69 Å². The Labute approximate surface area is 185 Å². The molecule has 0 aliphatic rings. The van der Waals surface area contributed by atoms with Crippen LogP contribution >= 0.6 is 11.3 Å². The van der Waals surface area contributed by atoms with Crippen molar-refractivity contribution in [3.8, 4) is 11.5 Å². The molecule has 0 fully saturated rings.